The van der Waals surface area contributed by atoms with Crippen molar-refractivity contribution in [2.24, 2.45) is 0 Å². The summed E-state index contributed by atoms with van der Waals surface area (Å²) in [7, 11) is 3.23. The van der Waals surface area contributed by atoms with E-state index < -0.39 is 0 Å². The van der Waals surface area contributed by atoms with Crippen LogP contribution in [-0.2, 0) is 4.79 Å². The van der Waals surface area contributed by atoms with Crippen molar-refractivity contribution in [2.45, 2.75) is 20.8 Å². The number of carbonyl (C=O) groups is 2. The summed E-state index contributed by atoms with van der Waals surface area (Å²) < 4.78 is 22.8. The van der Waals surface area contributed by atoms with Crippen LogP contribution in [0.25, 0.3) is 27.7 Å². The van der Waals surface area contributed by atoms with E-state index in [4.69, 9.17) is 18.6 Å². The minimum absolute atomic E-state index is 0.0685. The maximum absolute atomic E-state index is 12.8. The molecule has 0 aliphatic rings. The number of amides is 1. The van der Waals surface area contributed by atoms with Crippen LogP contribution in [0.15, 0.2) is 71.4 Å². The molecule has 4 rings (SSSR count). The zero-order valence-corrected chi connectivity index (χ0v) is 21.5. The number of ether oxygens (including phenoxy) is 3. The third kappa shape index (κ3) is 5.51. The summed E-state index contributed by atoms with van der Waals surface area (Å²) >= 11 is 0. The number of anilines is 1. The summed E-state index contributed by atoms with van der Waals surface area (Å²) in [6.07, 6.45) is 3.19. The number of rotatable bonds is 9. The van der Waals surface area contributed by atoms with Gasteiger partial charge in [-0.15, -0.1) is 0 Å². The summed E-state index contributed by atoms with van der Waals surface area (Å²) in [5.74, 6) is 1.59. The molecule has 0 saturated carbocycles. The quantitative estimate of drug-likeness (QED) is 0.202. The molecule has 0 fully saturated rings. The predicted octanol–water partition coefficient (Wildman–Crippen LogP) is 6.76. The normalized spacial score (nSPS) is 11.3. The van der Waals surface area contributed by atoms with Crippen molar-refractivity contribution in [3.8, 4) is 28.4 Å². The van der Waals surface area contributed by atoms with Gasteiger partial charge in [-0.1, -0.05) is 12.1 Å². The van der Waals surface area contributed by atoms with Crippen LogP contribution in [0.5, 0.6) is 17.2 Å². The molecule has 7 nitrogen and oxygen atoms in total. The Kier molecular flexibility index (Phi) is 7.63. The van der Waals surface area contributed by atoms with E-state index in [2.05, 4.69) is 5.32 Å². The molecule has 0 bridgehead atoms. The lowest BCUT2D eigenvalue weighted by Crippen LogP contribution is -2.09. The van der Waals surface area contributed by atoms with Gasteiger partial charge in [-0.3, -0.25) is 9.59 Å². The molecule has 190 valence electrons. The van der Waals surface area contributed by atoms with Crippen molar-refractivity contribution in [2.75, 3.05) is 26.1 Å². The van der Waals surface area contributed by atoms with E-state index in [0.717, 1.165) is 22.1 Å². The van der Waals surface area contributed by atoms with Crippen LogP contribution < -0.4 is 19.5 Å². The van der Waals surface area contributed by atoms with Crippen molar-refractivity contribution >= 4 is 33.9 Å². The van der Waals surface area contributed by atoms with E-state index in [1.165, 1.54) is 13.0 Å². The van der Waals surface area contributed by atoms with Gasteiger partial charge in [0.2, 0.25) is 5.91 Å². The molecule has 1 N–H and O–H groups in total. The third-order valence-electron chi connectivity index (χ3n) is 5.98. The molecule has 0 aliphatic heterocycles. The lowest BCUT2D eigenvalue weighted by Gasteiger charge is -2.13. The SMILES string of the molecule is CCOc1cc2occ(-c3cc(OC)ccc3OC)c2cc1/C(C)=C/C(=O)Nc1cccc(C(C)=O)c1. The molecule has 1 heterocycles. The molecule has 1 aromatic heterocycles. The highest BCUT2D eigenvalue weighted by Gasteiger charge is 2.18. The van der Waals surface area contributed by atoms with E-state index in [0.29, 0.717) is 46.3 Å². The molecule has 37 heavy (non-hydrogen) atoms. The van der Waals surface area contributed by atoms with Gasteiger partial charge >= 0.3 is 0 Å². The average molecular weight is 500 g/mol. The second-order valence-electron chi connectivity index (χ2n) is 8.45. The first-order valence-corrected chi connectivity index (χ1v) is 11.9. The lowest BCUT2D eigenvalue weighted by atomic mass is 9.98. The molecule has 0 radical (unpaired) electrons. The molecule has 1 amide bonds. The van der Waals surface area contributed by atoms with Crippen molar-refractivity contribution in [3.05, 3.63) is 78.1 Å². The Balaban J connectivity index is 1.75. The first kappa shape index (κ1) is 25.6. The summed E-state index contributed by atoms with van der Waals surface area (Å²) in [5.41, 5.74) is 4.83. The van der Waals surface area contributed by atoms with Crippen LogP contribution in [0.1, 0.15) is 36.7 Å². The fourth-order valence-corrected chi connectivity index (χ4v) is 4.14. The Bertz CT molecular complexity index is 1500. The summed E-state index contributed by atoms with van der Waals surface area (Å²) in [5, 5.41) is 3.67. The number of Topliss-reactive ketones (excluding diaryl/α,β-unsaturated/α-hetero) is 1. The number of allylic oxidation sites excluding steroid dienone is 1. The van der Waals surface area contributed by atoms with Crippen molar-refractivity contribution in [1.29, 1.82) is 0 Å². The van der Waals surface area contributed by atoms with Crippen molar-refractivity contribution < 1.29 is 28.2 Å². The second kappa shape index (κ2) is 11.0. The number of hydrogen-bond acceptors (Lipinski definition) is 6. The third-order valence-corrected chi connectivity index (χ3v) is 5.98. The molecule has 3 aromatic carbocycles. The maximum atomic E-state index is 12.8. The predicted molar refractivity (Wildman–Crippen MR) is 145 cm³/mol. The molecule has 0 spiro atoms. The Morgan fingerprint density at radius 2 is 1.76 bits per heavy atom. The first-order valence-electron chi connectivity index (χ1n) is 11.9. The molecule has 4 aromatic rings. The molecule has 0 atom stereocenters. The maximum Gasteiger partial charge on any atom is 0.248 e. The van der Waals surface area contributed by atoms with E-state index in [1.54, 1.807) is 44.7 Å². The van der Waals surface area contributed by atoms with Gasteiger partial charge in [-0.25, -0.2) is 0 Å². The van der Waals surface area contributed by atoms with Gasteiger partial charge < -0.3 is 23.9 Å². The topological polar surface area (TPSA) is 87.0 Å². The number of nitrogens with one attached hydrogen (secondary N) is 1. The monoisotopic (exact) mass is 499 g/mol. The van der Waals surface area contributed by atoms with Crippen LogP contribution in [0, 0.1) is 0 Å². The van der Waals surface area contributed by atoms with Gasteiger partial charge in [-0.2, -0.15) is 0 Å². The zero-order valence-electron chi connectivity index (χ0n) is 21.5. The number of benzene rings is 3. The van der Waals surface area contributed by atoms with Crippen LogP contribution >= 0.6 is 0 Å². The smallest absolute Gasteiger partial charge is 0.248 e. The van der Waals surface area contributed by atoms with Gasteiger partial charge in [0.05, 0.1) is 27.1 Å². The minimum atomic E-state index is -0.317. The van der Waals surface area contributed by atoms with Crippen LogP contribution in [0.2, 0.25) is 0 Å². The van der Waals surface area contributed by atoms with E-state index in [-0.39, 0.29) is 11.7 Å². The molecule has 0 aliphatic carbocycles. The number of fused-ring (bicyclic) bond motifs is 1. The Morgan fingerprint density at radius 1 is 0.946 bits per heavy atom. The number of furan rings is 1. The molecular formula is C30H29NO6. The summed E-state index contributed by atoms with van der Waals surface area (Å²) in [6.45, 7) is 5.69. The van der Waals surface area contributed by atoms with E-state index >= 15 is 0 Å². The highest BCUT2D eigenvalue weighted by atomic mass is 16.5. The van der Waals surface area contributed by atoms with Gasteiger partial charge in [0.15, 0.2) is 5.78 Å². The van der Waals surface area contributed by atoms with Gasteiger partial charge in [0, 0.05) is 45.5 Å². The molecule has 7 heteroatoms. The fraction of sp³-hybridized carbons (Fsp3) is 0.200. The number of ketones is 1. The minimum Gasteiger partial charge on any atom is -0.497 e. The largest absolute Gasteiger partial charge is 0.497 e. The molecular weight excluding hydrogens is 470 g/mol. The second-order valence-corrected chi connectivity index (χ2v) is 8.45. The molecule has 0 saturated heterocycles. The molecule has 0 unspecified atom stereocenters. The van der Waals surface area contributed by atoms with E-state index in [1.807, 2.05) is 44.2 Å². The Labute approximate surface area is 215 Å². The first-order chi connectivity index (χ1) is 17.8. The summed E-state index contributed by atoms with van der Waals surface area (Å²) in [4.78, 5) is 24.5. The van der Waals surface area contributed by atoms with Crippen LogP contribution in [-0.4, -0.2) is 32.5 Å². The highest BCUT2D eigenvalue weighted by molar-refractivity contribution is 6.06. The van der Waals surface area contributed by atoms with Crippen molar-refractivity contribution in [1.82, 2.24) is 0 Å². The lowest BCUT2D eigenvalue weighted by molar-refractivity contribution is -0.111. The Morgan fingerprint density at radius 3 is 2.46 bits per heavy atom. The van der Waals surface area contributed by atoms with E-state index in [9.17, 15) is 9.59 Å². The number of carbonyl (C=O) groups excluding carboxylic acids is 2. The standard InChI is InChI=1S/C30H29NO6/c1-6-36-28-16-29-25(26(17-37-29)24-14-22(34-4)10-11-27(24)35-5)15-23(28)18(2)12-30(33)31-21-9-7-8-20(13-21)19(3)32/h7-17H,6H2,1-5H3,(H,31,33)/b18-12+. The Hall–Kier alpha value is -4.52. The van der Waals surface area contributed by atoms with Crippen LogP contribution in [0.3, 0.4) is 0 Å². The number of hydrogen-bond donors (Lipinski definition) is 1. The summed E-state index contributed by atoms with van der Waals surface area (Å²) in [6, 6.07) is 16.2. The fourth-order valence-electron chi connectivity index (χ4n) is 4.14. The average Bonchev–Trinajstić information content (AvgIpc) is 3.30. The van der Waals surface area contributed by atoms with Gasteiger partial charge in [0.1, 0.15) is 22.8 Å². The highest BCUT2D eigenvalue weighted by Crippen LogP contribution is 2.41. The number of methoxy groups -OCH3 is 2. The van der Waals surface area contributed by atoms with Crippen LogP contribution in [0.4, 0.5) is 5.69 Å². The van der Waals surface area contributed by atoms with Gasteiger partial charge in [0.25, 0.3) is 0 Å². The van der Waals surface area contributed by atoms with Crippen molar-refractivity contribution in [3.63, 3.8) is 0 Å². The van der Waals surface area contributed by atoms with Gasteiger partial charge in [-0.05, 0) is 62.7 Å². The zero-order chi connectivity index (χ0) is 26.5.